The second kappa shape index (κ2) is 22.6. The number of rotatable bonds is 23. The maximum atomic E-state index is 12.6. The number of carbonyl (C=O) groups excluding carboxylic acids is 2. The molecule has 0 N–H and O–H groups in total. The van der Waals surface area contributed by atoms with Crippen LogP contribution in [0.15, 0.2) is 24.4 Å². The van der Waals surface area contributed by atoms with Gasteiger partial charge >= 0.3 is 6.09 Å². The van der Waals surface area contributed by atoms with Crippen molar-refractivity contribution in [3.8, 4) is 0 Å². The van der Waals surface area contributed by atoms with Crippen molar-refractivity contribution in [2.75, 3.05) is 26.4 Å². The molecule has 0 unspecified atom stereocenters. The Kier molecular flexibility index (Phi) is 19.4. The topological polar surface area (TPSA) is 69.0 Å². The Morgan fingerprint density at radius 1 is 0.878 bits per heavy atom. The van der Waals surface area contributed by atoms with Gasteiger partial charge in [0.2, 0.25) is 11.6 Å². The first-order chi connectivity index (χ1) is 20.0. The van der Waals surface area contributed by atoms with Gasteiger partial charge in [0.1, 0.15) is 13.6 Å². The van der Waals surface area contributed by atoms with Crippen LogP contribution in [0, 0.1) is 5.92 Å². The molecule has 1 aromatic rings. The zero-order valence-electron chi connectivity index (χ0n) is 26.5. The number of unbranched alkanes of at least 4 members (excludes halogenated alkanes) is 15. The minimum Gasteiger partial charge on any atom is -0.449 e. The van der Waals surface area contributed by atoms with Crippen molar-refractivity contribution in [1.29, 1.82) is 0 Å². The summed E-state index contributed by atoms with van der Waals surface area (Å²) in [6.07, 6.45) is 24.0. The van der Waals surface area contributed by atoms with E-state index >= 15 is 0 Å². The molecule has 1 saturated heterocycles. The van der Waals surface area contributed by atoms with E-state index in [-0.39, 0.29) is 31.1 Å². The number of aromatic nitrogens is 1. The fraction of sp³-hybridized carbons (Fsp3) is 0.794. The van der Waals surface area contributed by atoms with E-state index in [1.807, 2.05) is 36.0 Å². The van der Waals surface area contributed by atoms with E-state index < -0.39 is 6.09 Å². The quantitative estimate of drug-likeness (QED) is 0.0989. The highest BCUT2D eigenvalue weighted by Gasteiger charge is 2.29. The third kappa shape index (κ3) is 16.3. The van der Waals surface area contributed by atoms with Crippen LogP contribution in [0.3, 0.4) is 0 Å². The molecule has 0 saturated carbocycles. The zero-order chi connectivity index (χ0) is 29.5. The lowest BCUT2D eigenvalue weighted by Gasteiger charge is -2.18. The predicted molar refractivity (Wildman–Crippen MR) is 163 cm³/mol. The lowest BCUT2D eigenvalue weighted by Crippen LogP contribution is -2.41. The van der Waals surface area contributed by atoms with Crippen molar-refractivity contribution in [3.63, 3.8) is 0 Å². The van der Waals surface area contributed by atoms with E-state index in [1.54, 1.807) is 0 Å². The summed E-state index contributed by atoms with van der Waals surface area (Å²) in [5.41, 5.74) is 0.852. The monoisotopic (exact) mass is 575 g/mol. The standard InChI is InChI=1S/C34H59N2O5/c1-4-5-6-7-8-9-10-11-12-13-14-15-16-17-18-21-24-39-29-33-25-31(27-40-33)28-41-34(38)36(30(2)37)26-32-22-19-20-23-35(32)3/h19-20,22-23,31,33H,4-18,21,24-29H2,1-3H3/q+1/t31-,33+/m1/s1. The van der Waals surface area contributed by atoms with Crippen LogP contribution in [0.4, 0.5) is 4.79 Å². The maximum absolute atomic E-state index is 12.6. The molecule has 1 fully saturated rings. The van der Waals surface area contributed by atoms with Gasteiger partial charge in [-0.05, 0) is 12.8 Å². The minimum atomic E-state index is -0.607. The summed E-state index contributed by atoms with van der Waals surface area (Å²) in [4.78, 5) is 25.8. The van der Waals surface area contributed by atoms with Crippen LogP contribution >= 0.6 is 0 Å². The molecule has 0 aliphatic carbocycles. The number of hydrogen-bond donors (Lipinski definition) is 0. The summed E-state index contributed by atoms with van der Waals surface area (Å²) in [7, 11) is 1.89. The molecule has 2 amide bonds. The highest BCUT2D eigenvalue weighted by molar-refractivity contribution is 5.90. The van der Waals surface area contributed by atoms with Gasteiger partial charge in [0.05, 0.1) is 25.9 Å². The summed E-state index contributed by atoms with van der Waals surface area (Å²) in [5.74, 6) is -0.202. The van der Waals surface area contributed by atoms with E-state index in [4.69, 9.17) is 14.2 Å². The van der Waals surface area contributed by atoms with Crippen LogP contribution in [-0.4, -0.2) is 49.4 Å². The number of carbonyl (C=O) groups is 2. The van der Waals surface area contributed by atoms with Crippen molar-refractivity contribution < 1.29 is 28.4 Å². The molecule has 1 aromatic heterocycles. The molecule has 2 rings (SSSR count). The van der Waals surface area contributed by atoms with Crippen LogP contribution in [0.2, 0.25) is 0 Å². The lowest BCUT2D eigenvalue weighted by molar-refractivity contribution is -0.679. The molecular formula is C34H59N2O5+. The van der Waals surface area contributed by atoms with Crippen molar-refractivity contribution in [3.05, 3.63) is 30.1 Å². The van der Waals surface area contributed by atoms with Gasteiger partial charge < -0.3 is 14.2 Å². The fourth-order valence-electron chi connectivity index (χ4n) is 5.44. The number of ether oxygens (including phenoxy) is 3. The Bertz CT molecular complexity index is 833. The Labute approximate surface area is 250 Å². The number of nitrogens with zero attached hydrogens (tertiary/aromatic N) is 2. The third-order valence-electron chi connectivity index (χ3n) is 8.14. The fourth-order valence-corrected chi connectivity index (χ4v) is 5.44. The van der Waals surface area contributed by atoms with Gasteiger partial charge in [-0.15, -0.1) is 0 Å². The van der Waals surface area contributed by atoms with Crippen LogP contribution < -0.4 is 4.57 Å². The van der Waals surface area contributed by atoms with Crippen molar-refractivity contribution in [2.45, 2.75) is 136 Å². The van der Waals surface area contributed by atoms with E-state index in [0.717, 1.165) is 30.0 Å². The van der Waals surface area contributed by atoms with Crippen LogP contribution in [0.1, 0.15) is 129 Å². The molecule has 7 nitrogen and oxygen atoms in total. The molecule has 1 aliphatic heterocycles. The van der Waals surface area contributed by atoms with Crippen molar-refractivity contribution in [1.82, 2.24) is 4.90 Å². The molecule has 0 aromatic carbocycles. The zero-order valence-corrected chi connectivity index (χ0v) is 26.5. The molecule has 0 bridgehead atoms. The van der Waals surface area contributed by atoms with Crippen molar-refractivity contribution >= 4 is 12.0 Å². The molecule has 2 heterocycles. The molecule has 2 atom stereocenters. The molecule has 234 valence electrons. The Hall–Kier alpha value is -1.99. The van der Waals surface area contributed by atoms with E-state index in [0.29, 0.717) is 13.2 Å². The average molecular weight is 576 g/mol. The second-order valence-corrected chi connectivity index (χ2v) is 11.9. The van der Waals surface area contributed by atoms with Gasteiger partial charge in [-0.1, -0.05) is 109 Å². The van der Waals surface area contributed by atoms with E-state index in [2.05, 4.69) is 6.92 Å². The molecule has 0 radical (unpaired) electrons. The summed E-state index contributed by atoms with van der Waals surface area (Å²) in [6.45, 7) is 6.02. The number of hydrogen-bond acceptors (Lipinski definition) is 5. The van der Waals surface area contributed by atoms with Gasteiger partial charge in [0.25, 0.3) is 0 Å². The molecule has 0 spiro atoms. The number of pyridine rings is 1. The maximum Gasteiger partial charge on any atom is 0.417 e. The Morgan fingerprint density at radius 3 is 2.02 bits per heavy atom. The predicted octanol–water partition coefficient (Wildman–Crippen LogP) is 7.68. The molecule has 7 heteroatoms. The summed E-state index contributed by atoms with van der Waals surface area (Å²) in [5, 5.41) is 0. The molecular weight excluding hydrogens is 516 g/mol. The van der Waals surface area contributed by atoms with E-state index in [1.165, 1.54) is 103 Å². The summed E-state index contributed by atoms with van der Waals surface area (Å²) >= 11 is 0. The van der Waals surface area contributed by atoms with Crippen LogP contribution in [-0.2, 0) is 32.6 Å². The minimum absolute atomic E-state index is 0.0482. The number of amides is 2. The Balaban J connectivity index is 1.40. The van der Waals surface area contributed by atoms with Gasteiger partial charge in [0, 0.05) is 31.6 Å². The average Bonchev–Trinajstić information content (AvgIpc) is 3.42. The molecule has 1 aliphatic rings. The van der Waals surface area contributed by atoms with Crippen LogP contribution in [0.5, 0.6) is 0 Å². The summed E-state index contributed by atoms with van der Waals surface area (Å²) < 4.78 is 19.1. The van der Waals surface area contributed by atoms with Gasteiger partial charge in [-0.2, -0.15) is 0 Å². The largest absolute Gasteiger partial charge is 0.449 e. The first kappa shape index (κ1) is 35.2. The van der Waals surface area contributed by atoms with Crippen LogP contribution in [0.25, 0.3) is 0 Å². The first-order valence-corrected chi connectivity index (χ1v) is 16.6. The Morgan fingerprint density at radius 2 is 1.46 bits per heavy atom. The van der Waals surface area contributed by atoms with Gasteiger partial charge in [0.15, 0.2) is 6.20 Å². The van der Waals surface area contributed by atoms with Gasteiger partial charge in [-0.3, -0.25) is 4.79 Å². The second-order valence-electron chi connectivity index (χ2n) is 11.9. The third-order valence-corrected chi connectivity index (χ3v) is 8.14. The number of aryl methyl sites for hydroxylation is 1. The lowest BCUT2D eigenvalue weighted by atomic mass is 10.0. The molecule has 41 heavy (non-hydrogen) atoms. The van der Waals surface area contributed by atoms with Crippen molar-refractivity contribution in [2.24, 2.45) is 13.0 Å². The SMILES string of the molecule is CCCCCCCCCCCCCCCCCCOC[C@@H]1C[C@@H](COC(=O)N(Cc2cccc[n+]2C)C(C)=O)CO1. The smallest absolute Gasteiger partial charge is 0.417 e. The first-order valence-electron chi connectivity index (χ1n) is 16.6. The normalized spacial score (nSPS) is 16.7. The summed E-state index contributed by atoms with van der Waals surface area (Å²) in [6, 6.07) is 5.68. The highest BCUT2D eigenvalue weighted by atomic mass is 16.6. The van der Waals surface area contributed by atoms with E-state index in [9.17, 15) is 9.59 Å². The van der Waals surface area contributed by atoms with Gasteiger partial charge in [-0.25, -0.2) is 14.3 Å². The highest BCUT2D eigenvalue weighted by Crippen LogP contribution is 2.21. The number of imide groups is 1.